The number of carbonyl (C=O) groups excluding carboxylic acids is 4. The number of ether oxygens (including phenoxy) is 2. The number of thiocarbonyl (C=S) groups is 1. The van der Waals surface area contributed by atoms with Gasteiger partial charge in [0.05, 0.1) is 41.4 Å². The molecular weight excluding hydrogens is 943 g/mol. The van der Waals surface area contributed by atoms with Gasteiger partial charge in [-0.15, -0.1) is 0 Å². The highest BCUT2D eigenvalue weighted by atomic mass is 32.1. The molecule has 0 spiro atoms. The van der Waals surface area contributed by atoms with E-state index >= 15 is 4.39 Å². The van der Waals surface area contributed by atoms with Crippen molar-refractivity contribution in [3.05, 3.63) is 120 Å². The molecule has 2 aliphatic heterocycles. The van der Waals surface area contributed by atoms with E-state index in [9.17, 15) is 37.6 Å². The predicted molar refractivity (Wildman–Crippen MR) is 260 cm³/mol. The molecule has 14 nitrogen and oxygen atoms in total. The number of rotatable bonds is 17. The Morgan fingerprint density at radius 1 is 0.958 bits per heavy atom. The molecule has 0 bridgehead atoms. The molecule has 71 heavy (non-hydrogen) atoms. The number of hydrogen-bond donors (Lipinski definition) is 2. The summed E-state index contributed by atoms with van der Waals surface area (Å²) < 4.78 is 74.1. The van der Waals surface area contributed by atoms with Gasteiger partial charge in [-0.2, -0.15) is 18.4 Å². The van der Waals surface area contributed by atoms with Crippen molar-refractivity contribution in [1.82, 2.24) is 20.5 Å². The molecule has 2 N–H and O–H groups in total. The maximum atomic E-state index is 15.9. The molecule has 2 saturated heterocycles. The molecule has 2 fully saturated rings. The average molecular weight is 996 g/mol. The summed E-state index contributed by atoms with van der Waals surface area (Å²) in [5, 5.41) is 14.8. The van der Waals surface area contributed by atoms with Crippen molar-refractivity contribution in [3.63, 3.8) is 0 Å². The number of alkyl halides is 3. The largest absolute Gasteiger partial charge is 0.494 e. The lowest BCUT2D eigenvalue weighted by molar-refractivity contribution is -0.144. The standard InChI is InChI=1S/C52H53F4N7O7S/c1-50(2,3)45(47(66)61-22-8-9-42(61)46(65)59-28-32-10-12-34(13-11-32)43-29-58-31-70-43)60-44(64)30-68-23-6-7-24-69-38-19-15-33(16-20-38)35-17-21-41(40(53)25-35)63-49(71)62(48(67)51(63,4)5)37-18-14-36(27-57)39(26-37)52(54,55)56/h10-21,25-26,29,31,42,45H,6-9,22-24,28,30H2,1-5H3,(H,59,65)(H,60,64)/t42-,45?/m0/s1. The second-order valence-corrected chi connectivity index (χ2v) is 19.2. The third kappa shape index (κ3) is 11.7. The molecule has 1 unspecified atom stereocenters. The molecule has 19 heteroatoms. The van der Waals surface area contributed by atoms with Gasteiger partial charge < -0.3 is 34.3 Å². The Balaban J connectivity index is 0.846. The summed E-state index contributed by atoms with van der Waals surface area (Å²) in [4.78, 5) is 61.6. The maximum Gasteiger partial charge on any atom is 0.417 e. The summed E-state index contributed by atoms with van der Waals surface area (Å²) in [6.07, 6.45) is 0.475. The van der Waals surface area contributed by atoms with Crippen molar-refractivity contribution in [2.45, 2.75) is 90.6 Å². The fourth-order valence-electron chi connectivity index (χ4n) is 8.48. The van der Waals surface area contributed by atoms with Crippen LogP contribution in [-0.4, -0.2) is 82.6 Å². The number of aromatic nitrogens is 1. The second-order valence-electron chi connectivity index (χ2n) is 18.8. The van der Waals surface area contributed by atoms with E-state index in [1.165, 1.54) is 49.4 Å². The number of amides is 4. The van der Waals surface area contributed by atoms with E-state index in [0.717, 1.165) is 22.1 Å². The normalized spacial score (nSPS) is 16.2. The van der Waals surface area contributed by atoms with Crippen LogP contribution in [0.4, 0.5) is 28.9 Å². The first-order valence-electron chi connectivity index (χ1n) is 22.9. The van der Waals surface area contributed by atoms with E-state index in [1.807, 2.05) is 45.0 Å². The molecule has 3 heterocycles. The number of benzene rings is 4. The van der Waals surface area contributed by atoms with Gasteiger partial charge in [0, 0.05) is 25.3 Å². The zero-order valence-electron chi connectivity index (χ0n) is 39.8. The minimum absolute atomic E-state index is 0.0489. The number of unbranched alkanes of at least 4 members (excludes halogenated alkanes) is 1. The topological polar surface area (TPSA) is 170 Å². The van der Waals surface area contributed by atoms with E-state index in [-0.39, 0.29) is 48.1 Å². The number of anilines is 2. The van der Waals surface area contributed by atoms with E-state index < -0.39 is 58.0 Å². The molecule has 2 atom stereocenters. The van der Waals surface area contributed by atoms with Gasteiger partial charge in [-0.3, -0.25) is 24.1 Å². The monoisotopic (exact) mass is 995 g/mol. The molecule has 4 amide bonds. The summed E-state index contributed by atoms with van der Waals surface area (Å²) in [6, 6.07) is 21.7. The number of carbonyl (C=O) groups is 4. The van der Waals surface area contributed by atoms with Gasteiger partial charge in [0.15, 0.2) is 17.3 Å². The molecule has 0 saturated carbocycles. The van der Waals surface area contributed by atoms with Crippen LogP contribution in [0.25, 0.3) is 22.5 Å². The summed E-state index contributed by atoms with van der Waals surface area (Å²) in [5.74, 6) is -1.22. The van der Waals surface area contributed by atoms with E-state index in [1.54, 1.807) is 41.4 Å². The molecule has 4 aromatic carbocycles. The van der Waals surface area contributed by atoms with Gasteiger partial charge in [0.25, 0.3) is 5.91 Å². The highest BCUT2D eigenvalue weighted by Gasteiger charge is 2.51. The molecule has 1 aromatic heterocycles. The minimum Gasteiger partial charge on any atom is -0.494 e. The van der Waals surface area contributed by atoms with Gasteiger partial charge >= 0.3 is 6.18 Å². The first-order chi connectivity index (χ1) is 33.7. The third-order valence-corrected chi connectivity index (χ3v) is 12.7. The third-order valence-electron chi connectivity index (χ3n) is 12.3. The zero-order chi connectivity index (χ0) is 51.3. The number of hydrogen-bond acceptors (Lipinski definition) is 10. The first-order valence-corrected chi connectivity index (χ1v) is 23.4. The molecular formula is C52H53F4N7O7S. The second kappa shape index (κ2) is 21.4. The number of halogens is 4. The molecule has 372 valence electrons. The summed E-state index contributed by atoms with van der Waals surface area (Å²) in [5.41, 5.74) is -1.30. The Hall–Kier alpha value is -7.17. The molecule has 5 aromatic rings. The predicted octanol–water partition coefficient (Wildman–Crippen LogP) is 8.97. The van der Waals surface area contributed by atoms with E-state index in [4.69, 9.17) is 26.1 Å². The van der Waals surface area contributed by atoms with Crippen LogP contribution in [0, 0.1) is 22.6 Å². The van der Waals surface area contributed by atoms with Gasteiger partial charge in [-0.05, 0) is 116 Å². The molecule has 0 radical (unpaired) electrons. The fourth-order valence-corrected chi connectivity index (χ4v) is 8.99. The smallest absolute Gasteiger partial charge is 0.417 e. The Labute approximate surface area is 413 Å². The van der Waals surface area contributed by atoms with Crippen LogP contribution in [0.5, 0.6) is 5.75 Å². The van der Waals surface area contributed by atoms with Crippen LogP contribution < -0.4 is 25.2 Å². The molecule has 0 aliphatic carbocycles. The summed E-state index contributed by atoms with van der Waals surface area (Å²) in [7, 11) is 0. The Kier molecular flexibility index (Phi) is 15.6. The van der Waals surface area contributed by atoms with Crippen molar-refractivity contribution in [1.29, 1.82) is 5.26 Å². The van der Waals surface area contributed by atoms with Crippen LogP contribution in [0.15, 0.2) is 102 Å². The van der Waals surface area contributed by atoms with Gasteiger partial charge in [0.1, 0.15) is 35.8 Å². The SMILES string of the molecule is CC(C)(C)C(NC(=O)COCCCCOc1ccc(-c2ccc(N3C(=S)N(c4ccc(C#N)c(C(F)(F)F)c4)C(=O)C3(C)C)c(F)c2)cc1)C(=O)N1CCC[C@H]1C(=O)NCc1ccc(-c2cnco2)cc1. The van der Waals surface area contributed by atoms with Gasteiger partial charge in [-0.1, -0.05) is 63.2 Å². The summed E-state index contributed by atoms with van der Waals surface area (Å²) in [6.45, 7) is 9.58. The van der Waals surface area contributed by atoms with Crippen molar-refractivity contribution in [3.8, 4) is 34.3 Å². The highest BCUT2D eigenvalue weighted by Crippen LogP contribution is 2.41. The fraction of sp³-hybridized carbons (Fsp3) is 0.365. The van der Waals surface area contributed by atoms with Crippen molar-refractivity contribution < 1.29 is 50.6 Å². The molecule has 7 rings (SSSR count). The quantitative estimate of drug-likeness (QED) is 0.0518. The van der Waals surface area contributed by atoms with Crippen molar-refractivity contribution in [2.75, 3.05) is 36.2 Å². The molecule has 2 aliphatic rings. The first kappa shape index (κ1) is 51.7. The van der Waals surface area contributed by atoms with Crippen LogP contribution in [0.3, 0.4) is 0 Å². The summed E-state index contributed by atoms with van der Waals surface area (Å²) >= 11 is 5.56. The zero-order valence-corrected chi connectivity index (χ0v) is 40.6. The van der Waals surface area contributed by atoms with Crippen LogP contribution in [-0.2, 0) is 36.6 Å². The number of oxazole rings is 1. The van der Waals surface area contributed by atoms with Crippen LogP contribution in [0.1, 0.15) is 77.0 Å². The van der Waals surface area contributed by atoms with Crippen LogP contribution >= 0.6 is 12.2 Å². The lowest BCUT2D eigenvalue weighted by atomic mass is 9.85. The average Bonchev–Trinajstić information content (AvgIpc) is 4.09. The van der Waals surface area contributed by atoms with E-state index in [0.29, 0.717) is 67.5 Å². The lowest BCUT2D eigenvalue weighted by Gasteiger charge is -2.35. The highest BCUT2D eigenvalue weighted by molar-refractivity contribution is 7.81. The van der Waals surface area contributed by atoms with E-state index in [2.05, 4.69) is 15.6 Å². The van der Waals surface area contributed by atoms with Crippen LogP contribution in [0.2, 0.25) is 0 Å². The Morgan fingerprint density at radius 3 is 2.30 bits per heavy atom. The number of likely N-dealkylation sites (tertiary alicyclic amines) is 1. The number of nitrogens with zero attached hydrogens (tertiary/aromatic N) is 5. The van der Waals surface area contributed by atoms with Crippen molar-refractivity contribution in [2.24, 2.45) is 5.41 Å². The van der Waals surface area contributed by atoms with Crippen molar-refractivity contribution >= 4 is 52.3 Å². The number of nitrogens with one attached hydrogen (secondary N) is 2. The lowest BCUT2D eigenvalue weighted by Crippen LogP contribution is -2.58. The van der Waals surface area contributed by atoms with Gasteiger partial charge in [-0.25, -0.2) is 9.37 Å². The maximum absolute atomic E-state index is 15.9. The Morgan fingerprint density at radius 2 is 1.65 bits per heavy atom. The minimum atomic E-state index is -4.86. The Bertz CT molecular complexity index is 2810. The van der Waals surface area contributed by atoms with Gasteiger partial charge in [0.2, 0.25) is 17.7 Å². The number of nitriles is 1.